The normalized spacial score (nSPS) is 18.4. The van der Waals surface area contributed by atoms with E-state index in [1.807, 2.05) is 0 Å². The number of amides is 1. The number of halogens is 2. The first kappa shape index (κ1) is 15.6. The Bertz CT molecular complexity index is 556. The Morgan fingerprint density at radius 2 is 2.05 bits per heavy atom. The molecule has 1 aliphatic heterocycles. The second kappa shape index (κ2) is 6.34. The molecular formula is C14H17F2N3OS. The summed E-state index contributed by atoms with van der Waals surface area (Å²) in [5.41, 5.74) is 5.43. The SMILES string of the molecule is CNC(=O)C1CCCN(c2c(F)cc(C(N)=S)cc2F)C1. The van der Waals surface area contributed by atoms with Crippen LogP contribution in [0.25, 0.3) is 0 Å². The number of nitrogens with zero attached hydrogens (tertiary/aromatic N) is 1. The van der Waals surface area contributed by atoms with E-state index in [0.717, 1.165) is 12.1 Å². The van der Waals surface area contributed by atoms with Gasteiger partial charge in [-0.2, -0.15) is 0 Å². The maximum Gasteiger partial charge on any atom is 0.224 e. The zero-order valence-corrected chi connectivity index (χ0v) is 12.5. The van der Waals surface area contributed by atoms with Crippen molar-refractivity contribution >= 4 is 28.8 Å². The Kier molecular flexibility index (Phi) is 4.72. The van der Waals surface area contributed by atoms with Gasteiger partial charge in [-0.25, -0.2) is 8.78 Å². The summed E-state index contributed by atoms with van der Waals surface area (Å²) < 4.78 is 28.3. The lowest BCUT2D eigenvalue weighted by Crippen LogP contribution is -2.42. The van der Waals surface area contributed by atoms with Gasteiger partial charge in [0.2, 0.25) is 5.91 Å². The maximum atomic E-state index is 14.2. The number of carbonyl (C=O) groups excluding carboxylic acids is 1. The molecule has 1 amide bonds. The van der Waals surface area contributed by atoms with Crippen molar-refractivity contribution in [3.8, 4) is 0 Å². The van der Waals surface area contributed by atoms with E-state index in [1.165, 1.54) is 0 Å². The minimum Gasteiger partial charge on any atom is -0.389 e. The Morgan fingerprint density at radius 3 is 2.57 bits per heavy atom. The van der Waals surface area contributed by atoms with Crippen LogP contribution in [-0.2, 0) is 4.79 Å². The Hall–Kier alpha value is -1.76. The quantitative estimate of drug-likeness (QED) is 0.832. The molecule has 0 spiro atoms. The van der Waals surface area contributed by atoms with Crippen molar-refractivity contribution in [2.24, 2.45) is 11.7 Å². The summed E-state index contributed by atoms with van der Waals surface area (Å²) in [6.07, 6.45) is 1.42. The third kappa shape index (κ3) is 3.29. The van der Waals surface area contributed by atoms with Crippen molar-refractivity contribution < 1.29 is 13.6 Å². The fourth-order valence-electron chi connectivity index (χ4n) is 2.61. The highest BCUT2D eigenvalue weighted by Gasteiger charge is 2.28. The van der Waals surface area contributed by atoms with Crippen LogP contribution in [0.15, 0.2) is 12.1 Å². The van der Waals surface area contributed by atoms with Crippen LogP contribution in [0.4, 0.5) is 14.5 Å². The number of nitrogens with two attached hydrogens (primary N) is 1. The minimum absolute atomic E-state index is 0.0544. The van der Waals surface area contributed by atoms with E-state index >= 15 is 0 Å². The molecule has 1 saturated heterocycles. The van der Waals surface area contributed by atoms with Crippen molar-refractivity contribution in [3.63, 3.8) is 0 Å². The molecule has 114 valence electrons. The van der Waals surface area contributed by atoms with Crippen LogP contribution < -0.4 is 16.0 Å². The molecule has 0 aliphatic carbocycles. The molecule has 0 bridgehead atoms. The van der Waals surface area contributed by atoms with Gasteiger partial charge in [0.25, 0.3) is 0 Å². The molecule has 3 N–H and O–H groups in total. The van der Waals surface area contributed by atoms with E-state index in [4.69, 9.17) is 18.0 Å². The van der Waals surface area contributed by atoms with Gasteiger partial charge in [-0.15, -0.1) is 0 Å². The van der Waals surface area contributed by atoms with Crippen molar-refractivity contribution in [2.45, 2.75) is 12.8 Å². The summed E-state index contributed by atoms with van der Waals surface area (Å²) in [6, 6.07) is 2.26. The molecule has 1 fully saturated rings. The standard InChI is InChI=1S/C14H17F2N3OS/c1-18-14(20)8-3-2-4-19(7-8)12-10(15)5-9(13(17)21)6-11(12)16/h5-6,8H,2-4,7H2,1H3,(H2,17,21)(H,18,20). The third-order valence-corrected chi connectivity index (χ3v) is 3.89. The van der Waals surface area contributed by atoms with Gasteiger partial charge in [0.05, 0.1) is 5.92 Å². The molecular weight excluding hydrogens is 296 g/mol. The molecule has 0 saturated carbocycles. The lowest BCUT2D eigenvalue weighted by atomic mass is 9.96. The number of piperidine rings is 1. The molecule has 1 aromatic carbocycles. The number of benzene rings is 1. The van der Waals surface area contributed by atoms with Crippen LogP contribution in [0.1, 0.15) is 18.4 Å². The summed E-state index contributed by atoms with van der Waals surface area (Å²) in [5.74, 6) is -1.80. The lowest BCUT2D eigenvalue weighted by Gasteiger charge is -2.34. The highest BCUT2D eigenvalue weighted by molar-refractivity contribution is 7.80. The molecule has 1 unspecified atom stereocenters. The monoisotopic (exact) mass is 313 g/mol. The zero-order chi connectivity index (χ0) is 15.6. The first-order valence-electron chi connectivity index (χ1n) is 6.69. The molecule has 1 heterocycles. The number of hydrogen-bond acceptors (Lipinski definition) is 3. The summed E-state index contributed by atoms with van der Waals surface area (Å²) in [5, 5.41) is 2.57. The minimum atomic E-state index is -0.713. The predicted molar refractivity (Wildman–Crippen MR) is 81.2 cm³/mol. The van der Waals surface area contributed by atoms with Crippen LogP contribution >= 0.6 is 12.2 Å². The summed E-state index contributed by atoms with van der Waals surface area (Å²) in [4.78, 5) is 13.2. The predicted octanol–water partition coefficient (Wildman–Crippen LogP) is 1.56. The smallest absolute Gasteiger partial charge is 0.224 e. The highest BCUT2D eigenvalue weighted by Crippen LogP contribution is 2.29. The molecule has 1 aliphatic rings. The van der Waals surface area contributed by atoms with Gasteiger partial charge in [0.15, 0.2) is 0 Å². The second-order valence-electron chi connectivity index (χ2n) is 5.05. The number of hydrogen-bond donors (Lipinski definition) is 2. The lowest BCUT2D eigenvalue weighted by molar-refractivity contribution is -0.124. The fraction of sp³-hybridized carbons (Fsp3) is 0.429. The van der Waals surface area contributed by atoms with E-state index < -0.39 is 11.6 Å². The first-order chi connectivity index (χ1) is 9.93. The molecule has 2 rings (SSSR count). The van der Waals surface area contributed by atoms with Gasteiger partial charge in [-0.1, -0.05) is 12.2 Å². The van der Waals surface area contributed by atoms with E-state index in [2.05, 4.69) is 5.32 Å². The van der Waals surface area contributed by atoms with Gasteiger partial charge < -0.3 is 16.0 Å². The van der Waals surface area contributed by atoms with Crippen molar-refractivity contribution in [3.05, 3.63) is 29.3 Å². The molecule has 0 aromatic heterocycles. The molecule has 21 heavy (non-hydrogen) atoms. The number of carbonyl (C=O) groups is 1. The third-order valence-electron chi connectivity index (χ3n) is 3.66. The molecule has 7 heteroatoms. The average Bonchev–Trinajstić information content (AvgIpc) is 2.45. The van der Waals surface area contributed by atoms with E-state index in [9.17, 15) is 13.6 Å². The first-order valence-corrected chi connectivity index (χ1v) is 7.10. The van der Waals surface area contributed by atoms with Gasteiger partial charge in [0, 0.05) is 25.7 Å². The van der Waals surface area contributed by atoms with Gasteiger partial charge >= 0.3 is 0 Å². The summed E-state index contributed by atoms with van der Waals surface area (Å²) >= 11 is 4.73. The van der Waals surface area contributed by atoms with Crippen molar-refractivity contribution in [1.82, 2.24) is 5.32 Å². The Morgan fingerprint density at radius 1 is 1.43 bits per heavy atom. The number of thiocarbonyl (C=S) groups is 1. The van der Waals surface area contributed by atoms with Crippen LogP contribution in [0, 0.1) is 17.6 Å². The average molecular weight is 313 g/mol. The molecule has 0 radical (unpaired) electrons. The highest BCUT2D eigenvalue weighted by atomic mass is 32.1. The van der Waals surface area contributed by atoms with Gasteiger partial charge in [-0.05, 0) is 25.0 Å². The Labute approximate surface area is 127 Å². The van der Waals surface area contributed by atoms with Crippen molar-refractivity contribution in [1.29, 1.82) is 0 Å². The van der Waals surface area contributed by atoms with E-state index in [1.54, 1.807) is 11.9 Å². The maximum absolute atomic E-state index is 14.2. The van der Waals surface area contributed by atoms with Crippen LogP contribution in [0.5, 0.6) is 0 Å². The fourth-order valence-corrected chi connectivity index (χ4v) is 2.73. The molecule has 1 atom stereocenters. The second-order valence-corrected chi connectivity index (χ2v) is 5.49. The van der Waals surface area contributed by atoms with Gasteiger partial charge in [-0.3, -0.25) is 4.79 Å². The summed E-state index contributed by atoms with van der Waals surface area (Å²) in [7, 11) is 1.55. The number of rotatable bonds is 3. The van der Waals surface area contributed by atoms with Gasteiger partial charge in [0.1, 0.15) is 22.3 Å². The van der Waals surface area contributed by atoms with Crippen LogP contribution in [0.2, 0.25) is 0 Å². The Balaban J connectivity index is 2.29. The molecule has 4 nitrogen and oxygen atoms in total. The van der Waals surface area contributed by atoms with E-state index in [0.29, 0.717) is 25.9 Å². The van der Waals surface area contributed by atoms with E-state index in [-0.39, 0.29) is 28.1 Å². The summed E-state index contributed by atoms with van der Waals surface area (Å²) in [6.45, 7) is 0.799. The largest absolute Gasteiger partial charge is 0.389 e. The number of anilines is 1. The van der Waals surface area contributed by atoms with Crippen LogP contribution in [-0.4, -0.2) is 31.0 Å². The topological polar surface area (TPSA) is 58.4 Å². The zero-order valence-electron chi connectivity index (χ0n) is 11.7. The van der Waals surface area contributed by atoms with Crippen molar-refractivity contribution in [2.75, 3.05) is 25.0 Å². The number of nitrogens with one attached hydrogen (secondary N) is 1. The molecule has 1 aromatic rings. The van der Waals surface area contributed by atoms with Crippen LogP contribution in [0.3, 0.4) is 0 Å².